The molecule has 106 valence electrons. The Balaban J connectivity index is 1.73. The number of imide groups is 2. The summed E-state index contributed by atoms with van der Waals surface area (Å²) in [5.41, 5.74) is 0. The van der Waals surface area contributed by atoms with Crippen molar-refractivity contribution in [1.82, 2.24) is 9.96 Å². The second kappa shape index (κ2) is 5.68. The predicted octanol–water partition coefficient (Wildman–Crippen LogP) is 0.286. The fraction of sp³-hybridized carbons (Fsp3) is 0.385. The fourth-order valence-electron chi connectivity index (χ4n) is 1.92. The molecule has 2 aliphatic rings. The van der Waals surface area contributed by atoms with Crippen molar-refractivity contribution in [3.63, 3.8) is 0 Å². The third-order valence-corrected chi connectivity index (χ3v) is 2.96. The molecule has 2 heterocycles. The van der Waals surface area contributed by atoms with E-state index >= 15 is 0 Å². The Morgan fingerprint density at radius 3 is 2.20 bits per heavy atom. The lowest BCUT2D eigenvalue weighted by Crippen LogP contribution is -2.31. The number of carbonyl (C=O) groups excluding carboxylic acids is 4. The molecule has 1 saturated heterocycles. The van der Waals surface area contributed by atoms with Crippen LogP contribution in [0.1, 0.15) is 25.7 Å². The first kappa shape index (κ1) is 14.0. The fourth-order valence-corrected chi connectivity index (χ4v) is 1.92. The van der Waals surface area contributed by atoms with E-state index in [1.807, 2.05) is 0 Å². The second-order valence-electron chi connectivity index (χ2n) is 4.48. The molecular weight excluding hydrogens is 264 g/mol. The first-order valence-electron chi connectivity index (χ1n) is 6.24. The highest BCUT2D eigenvalue weighted by Gasteiger charge is 2.31. The molecule has 20 heavy (non-hydrogen) atoms. The highest BCUT2D eigenvalue weighted by molar-refractivity contribution is 6.12. The third-order valence-electron chi connectivity index (χ3n) is 2.96. The molecule has 7 nitrogen and oxygen atoms in total. The molecule has 7 heteroatoms. The minimum absolute atomic E-state index is 0.147. The van der Waals surface area contributed by atoms with Gasteiger partial charge < -0.3 is 4.84 Å². The topological polar surface area (TPSA) is 84.0 Å². The van der Waals surface area contributed by atoms with E-state index in [1.54, 1.807) is 0 Å². The first-order chi connectivity index (χ1) is 9.49. The van der Waals surface area contributed by atoms with Gasteiger partial charge in [-0.25, -0.2) is 0 Å². The maximum atomic E-state index is 11.3. The smallest absolute Gasteiger partial charge is 0.263 e. The molecule has 0 aromatic heterocycles. The molecule has 0 aromatic carbocycles. The average Bonchev–Trinajstić information content (AvgIpc) is 2.88. The van der Waals surface area contributed by atoms with Crippen molar-refractivity contribution in [2.75, 3.05) is 6.54 Å². The van der Waals surface area contributed by atoms with Crippen LogP contribution in [0.4, 0.5) is 0 Å². The summed E-state index contributed by atoms with van der Waals surface area (Å²) < 4.78 is 0. The summed E-state index contributed by atoms with van der Waals surface area (Å²) in [6, 6.07) is 0. The van der Waals surface area contributed by atoms with E-state index in [1.165, 1.54) is 12.2 Å². The Morgan fingerprint density at radius 2 is 1.65 bits per heavy atom. The number of carbonyl (C=O) groups is 4. The van der Waals surface area contributed by atoms with Crippen LogP contribution in [0.5, 0.6) is 0 Å². The average molecular weight is 278 g/mol. The van der Waals surface area contributed by atoms with E-state index in [0.29, 0.717) is 12.8 Å². The SMILES string of the molecule is C=C(CCCN1C(=O)C=CC1=O)ON1C(=O)CCC1=O. The number of hydroxylamine groups is 2. The number of nitrogens with zero attached hydrogens (tertiary/aromatic N) is 2. The Labute approximate surface area is 115 Å². The van der Waals surface area contributed by atoms with Crippen LogP contribution in [0, 0.1) is 0 Å². The minimum atomic E-state index is -0.384. The van der Waals surface area contributed by atoms with Gasteiger partial charge in [0.05, 0.1) is 0 Å². The van der Waals surface area contributed by atoms with Gasteiger partial charge in [0, 0.05) is 38.0 Å². The molecule has 0 aromatic rings. The lowest BCUT2D eigenvalue weighted by Gasteiger charge is -2.17. The summed E-state index contributed by atoms with van der Waals surface area (Å²) in [7, 11) is 0. The molecule has 0 spiro atoms. The summed E-state index contributed by atoms with van der Waals surface area (Å²) in [5.74, 6) is -1.20. The van der Waals surface area contributed by atoms with Crippen molar-refractivity contribution in [3.05, 3.63) is 24.5 Å². The van der Waals surface area contributed by atoms with Gasteiger partial charge in [-0.3, -0.25) is 24.1 Å². The van der Waals surface area contributed by atoms with Gasteiger partial charge in [-0.05, 0) is 6.42 Å². The zero-order valence-corrected chi connectivity index (χ0v) is 10.8. The Hall–Kier alpha value is -2.44. The highest BCUT2D eigenvalue weighted by Crippen LogP contribution is 2.17. The van der Waals surface area contributed by atoms with Crippen molar-refractivity contribution in [2.24, 2.45) is 0 Å². The van der Waals surface area contributed by atoms with Crippen LogP contribution in [0.2, 0.25) is 0 Å². The van der Waals surface area contributed by atoms with Gasteiger partial charge in [0.1, 0.15) is 5.76 Å². The highest BCUT2D eigenvalue weighted by atomic mass is 16.7. The molecule has 0 radical (unpaired) electrons. The standard InChI is InChI=1S/C13H14N2O5/c1-9(20-15-12(18)6-7-13(15)19)3-2-8-14-10(16)4-5-11(14)17/h4-5H,1-3,6-8H2. The largest absolute Gasteiger partial charge is 0.374 e. The predicted molar refractivity (Wildman–Crippen MR) is 66.4 cm³/mol. The number of rotatable bonds is 6. The van der Waals surface area contributed by atoms with Crippen molar-refractivity contribution < 1.29 is 24.0 Å². The molecule has 2 rings (SSSR count). The van der Waals surface area contributed by atoms with Gasteiger partial charge in [-0.15, -0.1) is 5.06 Å². The Morgan fingerprint density at radius 1 is 1.10 bits per heavy atom. The van der Waals surface area contributed by atoms with Crippen LogP contribution in [-0.4, -0.2) is 40.1 Å². The second-order valence-corrected chi connectivity index (χ2v) is 4.48. The quantitative estimate of drug-likeness (QED) is 0.515. The molecule has 0 bridgehead atoms. The maximum absolute atomic E-state index is 11.3. The summed E-state index contributed by atoms with van der Waals surface area (Å²) in [5, 5.41) is 0.718. The lowest BCUT2D eigenvalue weighted by molar-refractivity contribution is -0.177. The van der Waals surface area contributed by atoms with E-state index in [4.69, 9.17) is 4.84 Å². The van der Waals surface area contributed by atoms with Crippen molar-refractivity contribution >= 4 is 23.6 Å². The summed E-state index contributed by atoms with van der Waals surface area (Å²) in [4.78, 5) is 51.4. The van der Waals surface area contributed by atoms with E-state index in [2.05, 4.69) is 6.58 Å². The summed E-state index contributed by atoms with van der Waals surface area (Å²) in [6.45, 7) is 3.86. The van der Waals surface area contributed by atoms with Crippen LogP contribution in [0.3, 0.4) is 0 Å². The van der Waals surface area contributed by atoms with Gasteiger partial charge in [0.15, 0.2) is 0 Å². The van der Waals surface area contributed by atoms with Gasteiger partial charge in [0.25, 0.3) is 23.6 Å². The van der Waals surface area contributed by atoms with Crippen LogP contribution in [0.15, 0.2) is 24.5 Å². The maximum Gasteiger partial charge on any atom is 0.263 e. The van der Waals surface area contributed by atoms with E-state index in [0.717, 1.165) is 9.96 Å². The molecule has 1 fully saturated rings. The zero-order valence-electron chi connectivity index (χ0n) is 10.8. The van der Waals surface area contributed by atoms with E-state index in [-0.39, 0.29) is 48.8 Å². The van der Waals surface area contributed by atoms with Crippen LogP contribution >= 0.6 is 0 Å². The van der Waals surface area contributed by atoms with Crippen molar-refractivity contribution in [1.29, 1.82) is 0 Å². The van der Waals surface area contributed by atoms with Crippen LogP contribution < -0.4 is 0 Å². The van der Waals surface area contributed by atoms with Gasteiger partial charge in [0.2, 0.25) is 0 Å². The summed E-state index contributed by atoms with van der Waals surface area (Å²) in [6.07, 6.45) is 3.52. The molecule has 2 aliphatic heterocycles. The normalized spacial score (nSPS) is 18.4. The zero-order chi connectivity index (χ0) is 14.7. The molecule has 0 unspecified atom stereocenters. The van der Waals surface area contributed by atoms with Gasteiger partial charge in [-0.2, -0.15) is 0 Å². The first-order valence-corrected chi connectivity index (χ1v) is 6.24. The number of allylic oxidation sites excluding steroid dienone is 1. The van der Waals surface area contributed by atoms with Gasteiger partial charge >= 0.3 is 0 Å². The molecule has 4 amide bonds. The van der Waals surface area contributed by atoms with Gasteiger partial charge in [-0.1, -0.05) is 6.58 Å². The molecular formula is C13H14N2O5. The molecule has 0 atom stereocenters. The van der Waals surface area contributed by atoms with E-state index < -0.39 is 0 Å². The number of amides is 4. The molecule has 0 aliphatic carbocycles. The molecule has 0 saturated carbocycles. The Kier molecular flexibility index (Phi) is 3.97. The van der Waals surface area contributed by atoms with E-state index in [9.17, 15) is 19.2 Å². The lowest BCUT2D eigenvalue weighted by atomic mass is 10.2. The van der Waals surface area contributed by atoms with Crippen LogP contribution in [0.25, 0.3) is 0 Å². The number of hydrogen-bond acceptors (Lipinski definition) is 5. The monoisotopic (exact) mass is 278 g/mol. The number of hydrogen-bond donors (Lipinski definition) is 0. The van der Waals surface area contributed by atoms with Crippen molar-refractivity contribution in [2.45, 2.75) is 25.7 Å². The minimum Gasteiger partial charge on any atom is -0.374 e. The Bertz CT molecular complexity index is 489. The molecule has 0 N–H and O–H groups in total. The van der Waals surface area contributed by atoms with Crippen molar-refractivity contribution in [3.8, 4) is 0 Å². The van der Waals surface area contributed by atoms with Crippen LogP contribution in [-0.2, 0) is 24.0 Å². The third kappa shape index (κ3) is 2.93. The summed E-state index contributed by atoms with van der Waals surface area (Å²) >= 11 is 0.